The minimum atomic E-state index is 0.334. The van der Waals surface area contributed by atoms with E-state index >= 15 is 0 Å². The van der Waals surface area contributed by atoms with Crippen molar-refractivity contribution < 1.29 is 9.59 Å². The van der Waals surface area contributed by atoms with Crippen LogP contribution in [0.3, 0.4) is 0 Å². The third kappa shape index (κ3) is 5.19. The maximum atomic E-state index is 12.6. The van der Waals surface area contributed by atoms with Crippen LogP contribution in [-0.2, 0) is 9.59 Å². The standard InChI is InChI=1S/C20H35N3O2/c1-16(18-5-9-21-10-6-18)14-20(25)22-12-7-17(8-13-22)15-23-11-3-2-4-19(23)24/h16-18,21H,2-15H2,1H3. The van der Waals surface area contributed by atoms with E-state index in [-0.39, 0.29) is 0 Å². The lowest BCUT2D eigenvalue weighted by Crippen LogP contribution is -2.44. The van der Waals surface area contributed by atoms with Crippen molar-refractivity contribution in [2.24, 2.45) is 17.8 Å². The predicted octanol–water partition coefficient (Wildman–Crippen LogP) is 2.26. The molecule has 0 radical (unpaired) electrons. The molecule has 142 valence electrons. The number of amides is 2. The van der Waals surface area contributed by atoms with Crippen LogP contribution in [0.25, 0.3) is 0 Å². The number of rotatable bonds is 5. The van der Waals surface area contributed by atoms with E-state index < -0.39 is 0 Å². The Morgan fingerprint density at radius 1 is 1.12 bits per heavy atom. The van der Waals surface area contributed by atoms with Crippen molar-refractivity contribution in [3.63, 3.8) is 0 Å². The highest BCUT2D eigenvalue weighted by Crippen LogP contribution is 2.26. The molecule has 3 aliphatic rings. The van der Waals surface area contributed by atoms with E-state index in [0.717, 1.165) is 71.4 Å². The van der Waals surface area contributed by atoms with Crippen LogP contribution in [0.15, 0.2) is 0 Å². The highest BCUT2D eigenvalue weighted by atomic mass is 16.2. The zero-order chi connectivity index (χ0) is 17.6. The number of nitrogens with zero attached hydrogens (tertiary/aromatic N) is 2. The van der Waals surface area contributed by atoms with Crippen LogP contribution in [0.4, 0.5) is 0 Å². The second-order valence-electron chi connectivity index (χ2n) is 8.39. The fraction of sp³-hybridized carbons (Fsp3) is 0.900. The molecule has 3 saturated heterocycles. The van der Waals surface area contributed by atoms with Gasteiger partial charge in [0.05, 0.1) is 0 Å². The van der Waals surface area contributed by atoms with E-state index in [4.69, 9.17) is 0 Å². The predicted molar refractivity (Wildman–Crippen MR) is 99.1 cm³/mol. The fourth-order valence-electron chi connectivity index (χ4n) is 4.72. The molecule has 3 rings (SSSR count). The lowest BCUT2D eigenvalue weighted by atomic mass is 9.83. The van der Waals surface area contributed by atoms with Crippen LogP contribution in [0.1, 0.15) is 58.3 Å². The summed E-state index contributed by atoms with van der Waals surface area (Å²) in [5.41, 5.74) is 0. The smallest absolute Gasteiger partial charge is 0.222 e. The van der Waals surface area contributed by atoms with E-state index in [9.17, 15) is 9.59 Å². The van der Waals surface area contributed by atoms with Crippen molar-refractivity contribution >= 4 is 11.8 Å². The molecular formula is C20H35N3O2. The summed E-state index contributed by atoms with van der Waals surface area (Å²) in [6, 6.07) is 0. The molecule has 0 bridgehead atoms. The summed E-state index contributed by atoms with van der Waals surface area (Å²) in [6.45, 7) is 8.06. The molecule has 0 aromatic carbocycles. The largest absolute Gasteiger partial charge is 0.343 e. The summed E-state index contributed by atoms with van der Waals surface area (Å²) in [4.78, 5) is 28.8. The van der Waals surface area contributed by atoms with Gasteiger partial charge in [0.25, 0.3) is 0 Å². The summed E-state index contributed by atoms with van der Waals surface area (Å²) in [6.07, 6.45) is 8.16. The SMILES string of the molecule is CC(CC(=O)N1CCC(CN2CCCCC2=O)CC1)C1CCNCC1. The second kappa shape index (κ2) is 9.02. The highest BCUT2D eigenvalue weighted by molar-refractivity contribution is 5.77. The third-order valence-corrected chi connectivity index (χ3v) is 6.55. The fourth-order valence-corrected chi connectivity index (χ4v) is 4.72. The van der Waals surface area contributed by atoms with Crippen molar-refractivity contribution in [2.75, 3.05) is 39.3 Å². The van der Waals surface area contributed by atoms with Crippen LogP contribution >= 0.6 is 0 Å². The van der Waals surface area contributed by atoms with Crippen molar-refractivity contribution in [3.05, 3.63) is 0 Å². The maximum absolute atomic E-state index is 12.6. The van der Waals surface area contributed by atoms with Gasteiger partial charge in [-0.2, -0.15) is 0 Å². The van der Waals surface area contributed by atoms with Gasteiger partial charge < -0.3 is 15.1 Å². The number of likely N-dealkylation sites (tertiary alicyclic amines) is 2. The van der Waals surface area contributed by atoms with E-state index in [0.29, 0.717) is 36.0 Å². The monoisotopic (exact) mass is 349 g/mol. The first-order valence-electron chi connectivity index (χ1n) is 10.4. The van der Waals surface area contributed by atoms with Gasteiger partial charge in [0.15, 0.2) is 0 Å². The third-order valence-electron chi connectivity index (χ3n) is 6.55. The van der Waals surface area contributed by atoms with Gasteiger partial charge in [-0.3, -0.25) is 9.59 Å². The van der Waals surface area contributed by atoms with Crippen molar-refractivity contribution in [1.29, 1.82) is 0 Å². The molecule has 2 amide bonds. The van der Waals surface area contributed by atoms with Crippen LogP contribution in [0.5, 0.6) is 0 Å². The van der Waals surface area contributed by atoms with Gasteiger partial charge in [-0.15, -0.1) is 0 Å². The molecular weight excluding hydrogens is 314 g/mol. The van der Waals surface area contributed by atoms with Crippen LogP contribution in [0.2, 0.25) is 0 Å². The first-order valence-corrected chi connectivity index (χ1v) is 10.4. The first kappa shape index (κ1) is 18.7. The molecule has 1 N–H and O–H groups in total. The molecule has 0 aromatic heterocycles. The topological polar surface area (TPSA) is 52.7 Å². The Hall–Kier alpha value is -1.10. The van der Waals surface area contributed by atoms with Gasteiger partial charge in [0.2, 0.25) is 11.8 Å². The first-order chi connectivity index (χ1) is 12.1. The number of nitrogens with one attached hydrogen (secondary N) is 1. The van der Waals surface area contributed by atoms with Gasteiger partial charge in [0.1, 0.15) is 0 Å². The molecule has 5 nitrogen and oxygen atoms in total. The highest BCUT2D eigenvalue weighted by Gasteiger charge is 2.29. The average molecular weight is 350 g/mol. The van der Waals surface area contributed by atoms with Crippen LogP contribution in [0, 0.1) is 17.8 Å². The molecule has 25 heavy (non-hydrogen) atoms. The number of piperidine rings is 3. The number of hydrogen-bond donors (Lipinski definition) is 1. The van der Waals surface area contributed by atoms with Crippen LogP contribution in [-0.4, -0.2) is 60.9 Å². The molecule has 3 aliphatic heterocycles. The average Bonchev–Trinajstić information content (AvgIpc) is 2.65. The Balaban J connectivity index is 1.39. The zero-order valence-electron chi connectivity index (χ0n) is 15.8. The Morgan fingerprint density at radius 2 is 1.84 bits per heavy atom. The summed E-state index contributed by atoms with van der Waals surface area (Å²) in [7, 11) is 0. The molecule has 0 saturated carbocycles. The van der Waals surface area contributed by atoms with E-state index in [1.54, 1.807) is 0 Å². The minimum Gasteiger partial charge on any atom is -0.343 e. The van der Waals surface area contributed by atoms with E-state index in [1.807, 2.05) is 0 Å². The van der Waals surface area contributed by atoms with Crippen LogP contribution < -0.4 is 5.32 Å². The van der Waals surface area contributed by atoms with E-state index in [2.05, 4.69) is 22.0 Å². The summed E-state index contributed by atoms with van der Waals surface area (Å²) >= 11 is 0. The molecule has 3 fully saturated rings. The summed E-state index contributed by atoms with van der Waals surface area (Å²) < 4.78 is 0. The quantitative estimate of drug-likeness (QED) is 0.828. The van der Waals surface area contributed by atoms with Gasteiger partial charge in [-0.25, -0.2) is 0 Å². The van der Waals surface area contributed by atoms with Gasteiger partial charge in [-0.1, -0.05) is 6.92 Å². The minimum absolute atomic E-state index is 0.334. The lowest BCUT2D eigenvalue weighted by molar-refractivity contribution is -0.136. The Bertz CT molecular complexity index is 454. The molecule has 0 aromatic rings. The lowest BCUT2D eigenvalue weighted by Gasteiger charge is -2.37. The molecule has 1 atom stereocenters. The Labute approximate surface area is 152 Å². The molecule has 3 heterocycles. The van der Waals surface area contributed by atoms with E-state index in [1.165, 1.54) is 12.8 Å². The molecule has 5 heteroatoms. The van der Waals surface area contributed by atoms with Crippen molar-refractivity contribution in [2.45, 2.75) is 58.3 Å². The number of carbonyl (C=O) groups excluding carboxylic acids is 2. The number of hydrogen-bond acceptors (Lipinski definition) is 3. The van der Waals surface area contributed by atoms with Gasteiger partial charge in [-0.05, 0) is 69.4 Å². The summed E-state index contributed by atoms with van der Waals surface area (Å²) in [5, 5.41) is 3.40. The molecule has 0 aliphatic carbocycles. The second-order valence-corrected chi connectivity index (χ2v) is 8.39. The Kier molecular flexibility index (Phi) is 6.74. The Morgan fingerprint density at radius 3 is 2.52 bits per heavy atom. The molecule has 0 spiro atoms. The molecule has 1 unspecified atom stereocenters. The zero-order valence-corrected chi connectivity index (χ0v) is 15.8. The normalized spacial score (nSPS) is 25.2. The van der Waals surface area contributed by atoms with Crippen molar-refractivity contribution in [1.82, 2.24) is 15.1 Å². The maximum Gasteiger partial charge on any atom is 0.222 e. The van der Waals surface area contributed by atoms with Gasteiger partial charge in [0, 0.05) is 39.0 Å². The number of carbonyl (C=O) groups is 2. The van der Waals surface area contributed by atoms with Gasteiger partial charge >= 0.3 is 0 Å². The van der Waals surface area contributed by atoms with Crippen molar-refractivity contribution in [3.8, 4) is 0 Å². The summed E-state index contributed by atoms with van der Waals surface area (Å²) in [5.74, 6) is 2.46.